The summed E-state index contributed by atoms with van der Waals surface area (Å²) in [6.45, 7) is 9.67. The van der Waals surface area contributed by atoms with Crippen LogP contribution in [0.3, 0.4) is 0 Å². The molecule has 0 unspecified atom stereocenters. The van der Waals surface area contributed by atoms with Crippen molar-refractivity contribution in [2.45, 2.75) is 31.2 Å². The lowest BCUT2D eigenvalue weighted by Crippen LogP contribution is -2.33. The van der Waals surface area contributed by atoms with Gasteiger partial charge in [-0.2, -0.15) is 0 Å². The van der Waals surface area contributed by atoms with Crippen LogP contribution in [0.1, 0.15) is 37.4 Å². The molecule has 0 saturated carbocycles. The van der Waals surface area contributed by atoms with Gasteiger partial charge in [0.2, 0.25) is 0 Å². The van der Waals surface area contributed by atoms with E-state index in [4.69, 9.17) is 0 Å². The molecule has 0 amide bonds. The van der Waals surface area contributed by atoms with Gasteiger partial charge in [-0.05, 0) is 48.2 Å². The molecule has 1 aliphatic heterocycles. The lowest BCUT2D eigenvalue weighted by Gasteiger charge is -2.27. The van der Waals surface area contributed by atoms with Gasteiger partial charge in [-0.25, -0.2) is 8.42 Å². The molecule has 0 spiro atoms. The molecule has 0 aliphatic carbocycles. The molecule has 1 heterocycles. The van der Waals surface area contributed by atoms with E-state index < -0.39 is 9.84 Å². The molecule has 186 valence electrons. The van der Waals surface area contributed by atoms with Crippen LogP contribution in [0, 0.1) is 5.92 Å². The molecule has 0 radical (unpaired) electrons. The molecule has 4 rings (SSSR count). The van der Waals surface area contributed by atoms with Gasteiger partial charge in [-0.3, -0.25) is 0 Å². The fourth-order valence-electron chi connectivity index (χ4n) is 4.88. The molecule has 1 N–H and O–H groups in total. The van der Waals surface area contributed by atoms with Crippen LogP contribution in [0.2, 0.25) is 0 Å². The molecule has 0 bridgehead atoms. The average molecular weight is 492 g/mol. The largest absolute Gasteiger partial charge is 0.373 e. The van der Waals surface area contributed by atoms with Crippen molar-refractivity contribution >= 4 is 21.2 Å². The Morgan fingerprint density at radius 3 is 2.03 bits per heavy atom. The molecule has 1 saturated heterocycles. The average Bonchev–Trinajstić information content (AvgIpc) is 3.08. The first kappa shape index (κ1) is 25.3. The quantitative estimate of drug-likeness (QED) is 0.454. The van der Waals surface area contributed by atoms with Gasteiger partial charge in [0.15, 0.2) is 9.84 Å². The minimum absolute atomic E-state index is 0.168. The Kier molecular flexibility index (Phi) is 8.14. The summed E-state index contributed by atoms with van der Waals surface area (Å²) in [7, 11) is -3.41. The van der Waals surface area contributed by atoms with Crippen molar-refractivity contribution < 1.29 is 8.42 Å². The standard InChI is InChI=1S/C29H37N3O2S/c1-23(2)22-31-17-10-18-32(20-19-31)26-15-16-28(35(3,33)34)27(21-26)30-29(24-11-6-4-7-12-24)25-13-8-5-9-14-25/h4-9,11-16,21,23,29-30H,10,17-20,22H2,1-3H3. The van der Waals surface area contributed by atoms with E-state index in [-0.39, 0.29) is 6.04 Å². The highest BCUT2D eigenvalue weighted by molar-refractivity contribution is 7.90. The summed E-state index contributed by atoms with van der Waals surface area (Å²) in [4.78, 5) is 5.25. The number of nitrogens with zero attached hydrogens (tertiary/aromatic N) is 2. The van der Waals surface area contributed by atoms with Crippen LogP contribution in [0.4, 0.5) is 11.4 Å². The van der Waals surface area contributed by atoms with E-state index >= 15 is 0 Å². The summed E-state index contributed by atoms with van der Waals surface area (Å²) in [5.74, 6) is 0.652. The zero-order valence-electron chi connectivity index (χ0n) is 21.0. The molecule has 3 aromatic rings. The predicted octanol–water partition coefficient (Wildman–Crippen LogP) is 5.46. The summed E-state index contributed by atoms with van der Waals surface area (Å²) in [5.41, 5.74) is 3.88. The number of anilines is 2. The Hall–Kier alpha value is -2.83. The van der Waals surface area contributed by atoms with Crippen molar-refractivity contribution in [3.8, 4) is 0 Å². The molecular formula is C29H37N3O2S. The van der Waals surface area contributed by atoms with Crippen LogP contribution in [-0.4, -0.2) is 52.3 Å². The Bertz CT molecular complexity index is 1160. The third-order valence-corrected chi connectivity index (χ3v) is 7.66. The van der Waals surface area contributed by atoms with E-state index in [0.29, 0.717) is 16.5 Å². The molecule has 5 nitrogen and oxygen atoms in total. The maximum atomic E-state index is 12.7. The number of nitrogens with one attached hydrogen (secondary N) is 1. The summed E-state index contributed by atoms with van der Waals surface area (Å²) in [6.07, 6.45) is 2.38. The fourth-order valence-corrected chi connectivity index (χ4v) is 5.72. The van der Waals surface area contributed by atoms with Crippen LogP contribution in [0.15, 0.2) is 83.8 Å². The predicted molar refractivity (Wildman–Crippen MR) is 146 cm³/mol. The third kappa shape index (κ3) is 6.65. The van der Waals surface area contributed by atoms with E-state index in [1.807, 2.05) is 48.5 Å². The van der Waals surface area contributed by atoms with Gasteiger partial charge in [0.25, 0.3) is 0 Å². The lowest BCUT2D eigenvalue weighted by atomic mass is 9.98. The molecule has 3 aromatic carbocycles. The van der Waals surface area contributed by atoms with Crippen molar-refractivity contribution in [1.29, 1.82) is 0 Å². The molecule has 0 aromatic heterocycles. The number of hydrogen-bond donors (Lipinski definition) is 1. The van der Waals surface area contributed by atoms with Crippen LogP contribution >= 0.6 is 0 Å². The summed E-state index contributed by atoms with van der Waals surface area (Å²) in [6, 6.07) is 25.9. The summed E-state index contributed by atoms with van der Waals surface area (Å²) in [5, 5.41) is 3.60. The Morgan fingerprint density at radius 2 is 1.46 bits per heavy atom. The van der Waals surface area contributed by atoms with Gasteiger partial charge >= 0.3 is 0 Å². The molecule has 6 heteroatoms. The zero-order chi connectivity index (χ0) is 24.8. The summed E-state index contributed by atoms with van der Waals surface area (Å²) < 4.78 is 25.5. The van der Waals surface area contributed by atoms with Crippen molar-refractivity contribution in [3.05, 3.63) is 90.0 Å². The minimum atomic E-state index is -3.41. The maximum Gasteiger partial charge on any atom is 0.177 e. The Labute approximate surface area is 210 Å². The first-order valence-electron chi connectivity index (χ1n) is 12.5. The van der Waals surface area contributed by atoms with Gasteiger partial charge in [0.05, 0.1) is 16.6 Å². The third-order valence-electron chi connectivity index (χ3n) is 6.51. The number of hydrogen-bond acceptors (Lipinski definition) is 5. The van der Waals surface area contributed by atoms with Crippen LogP contribution in [0.25, 0.3) is 0 Å². The lowest BCUT2D eigenvalue weighted by molar-refractivity contribution is 0.261. The Morgan fingerprint density at radius 1 is 0.829 bits per heavy atom. The highest BCUT2D eigenvalue weighted by Crippen LogP contribution is 2.33. The number of sulfone groups is 1. The first-order chi connectivity index (χ1) is 16.8. The fraction of sp³-hybridized carbons (Fsp3) is 0.379. The van der Waals surface area contributed by atoms with Gasteiger partial charge in [-0.1, -0.05) is 74.5 Å². The van der Waals surface area contributed by atoms with Gasteiger partial charge in [-0.15, -0.1) is 0 Å². The topological polar surface area (TPSA) is 52.7 Å². The normalized spacial score (nSPS) is 15.4. The molecule has 1 aliphatic rings. The van der Waals surface area contributed by atoms with Gasteiger partial charge in [0.1, 0.15) is 0 Å². The van der Waals surface area contributed by atoms with Crippen molar-refractivity contribution in [2.75, 3.05) is 49.2 Å². The van der Waals surface area contributed by atoms with E-state index in [9.17, 15) is 8.42 Å². The van der Waals surface area contributed by atoms with Crippen molar-refractivity contribution in [1.82, 2.24) is 4.90 Å². The second-order valence-electron chi connectivity index (χ2n) is 9.89. The number of benzene rings is 3. The smallest absolute Gasteiger partial charge is 0.177 e. The highest BCUT2D eigenvalue weighted by Gasteiger charge is 2.22. The monoisotopic (exact) mass is 491 g/mol. The van der Waals surface area contributed by atoms with E-state index in [1.54, 1.807) is 6.07 Å². The molecule has 35 heavy (non-hydrogen) atoms. The van der Waals surface area contributed by atoms with Crippen LogP contribution in [-0.2, 0) is 9.84 Å². The van der Waals surface area contributed by atoms with E-state index in [1.165, 1.54) is 6.26 Å². The van der Waals surface area contributed by atoms with Crippen molar-refractivity contribution in [3.63, 3.8) is 0 Å². The molecule has 1 fully saturated rings. The van der Waals surface area contributed by atoms with E-state index in [2.05, 4.69) is 53.2 Å². The highest BCUT2D eigenvalue weighted by atomic mass is 32.2. The van der Waals surface area contributed by atoms with E-state index in [0.717, 1.165) is 56.0 Å². The van der Waals surface area contributed by atoms with Gasteiger partial charge < -0.3 is 15.1 Å². The zero-order valence-corrected chi connectivity index (χ0v) is 21.8. The minimum Gasteiger partial charge on any atom is -0.373 e. The van der Waals surface area contributed by atoms with Crippen LogP contribution < -0.4 is 10.2 Å². The number of rotatable bonds is 8. The van der Waals surface area contributed by atoms with Crippen molar-refractivity contribution in [2.24, 2.45) is 5.92 Å². The summed E-state index contributed by atoms with van der Waals surface area (Å²) >= 11 is 0. The second kappa shape index (κ2) is 11.3. The Balaban J connectivity index is 1.68. The second-order valence-corrected chi connectivity index (χ2v) is 11.9. The SMILES string of the molecule is CC(C)CN1CCCN(c2ccc(S(C)(=O)=O)c(NC(c3ccccc3)c3ccccc3)c2)CC1. The van der Waals surface area contributed by atoms with Gasteiger partial charge in [0, 0.05) is 38.1 Å². The molecule has 0 atom stereocenters. The molecular weight excluding hydrogens is 454 g/mol. The maximum absolute atomic E-state index is 12.7. The van der Waals surface area contributed by atoms with Crippen LogP contribution in [0.5, 0.6) is 0 Å². The first-order valence-corrected chi connectivity index (χ1v) is 14.4.